The van der Waals surface area contributed by atoms with Crippen LogP contribution >= 0.6 is 0 Å². The van der Waals surface area contributed by atoms with Gasteiger partial charge in [0.15, 0.2) is 0 Å². The predicted octanol–water partition coefficient (Wildman–Crippen LogP) is 2.92. The van der Waals surface area contributed by atoms with Crippen LogP contribution in [0.25, 0.3) is 0 Å². The molecule has 15 heavy (non-hydrogen) atoms. The van der Waals surface area contributed by atoms with Crippen LogP contribution < -0.4 is 0 Å². The molecule has 0 spiro atoms. The van der Waals surface area contributed by atoms with Crippen LogP contribution in [0, 0.1) is 11.7 Å². The molecule has 1 aromatic carbocycles. The molecule has 0 aliphatic heterocycles. The molecule has 0 heterocycles. The van der Waals surface area contributed by atoms with E-state index in [4.69, 9.17) is 0 Å². The zero-order valence-corrected chi connectivity index (χ0v) is 8.82. The molecule has 0 saturated heterocycles. The van der Waals surface area contributed by atoms with Crippen LogP contribution in [-0.4, -0.2) is 11.2 Å². The summed E-state index contributed by atoms with van der Waals surface area (Å²) in [4.78, 5) is 0. The molecule has 2 rings (SSSR count). The number of aliphatic hydroxyl groups excluding tert-OH is 1. The van der Waals surface area contributed by atoms with Gasteiger partial charge in [0.05, 0.1) is 6.10 Å². The van der Waals surface area contributed by atoms with Crippen molar-refractivity contribution in [3.05, 3.63) is 35.6 Å². The molecule has 0 radical (unpaired) electrons. The Morgan fingerprint density at radius 3 is 2.53 bits per heavy atom. The summed E-state index contributed by atoms with van der Waals surface area (Å²) in [5, 5.41) is 9.75. The molecular formula is C13H17FO. The summed E-state index contributed by atoms with van der Waals surface area (Å²) in [6.07, 6.45) is 5.07. The van der Waals surface area contributed by atoms with E-state index < -0.39 is 0 Å². The molecule has 1 nitrogen and oxygen atoms in total. The topological polar surface area (TPSA) is 20.2 Å². The van der Waals surface area contributed by atoms with Crippen LogP contribution in [0.2, 0.25) is 0 Å². The number of hydrogen-bond donors (Lipinski definition) is 1. The number of hydrogen-bond acceptors (Lipinski definition) is 1. The van der Waals surface area contributed by atoms with Crippen LogP contribution in [0.3, 0.4) is 0 Å². The fraction of sp³-hybridized carbons (Fsp3) is 0.538. The van der Waals surface area contributed by atoms with Gasteiger partial charge in [-0.25, -0.2) is 4.39 Å². The van der Waals surface area contributed by atoms with Crippen molar-refractivity contribution >= 4 is 0 Å². The minimum atomic E-state index is -0.268. The Morgan fingerprint density at radius 2 is 1.93 bits per heavy atom. The molecule has 1 unspecified atom stereocenters. The van der Waals surface area contributed by atoms with Gasteiger partial charge in [-0.2, -0.15) is 0 Å². The molecule has 1 aliphatic carbocycles. The first kappa shape index (κ1) is 10.6. The predicted molar refractivity (Wildman–Crippen MR) is 58.1 cm³/mol. The molecule has 1 aromatic rings. The Balaban J connectivity index is 1.76. The van der Waals surface area contributed by atoms with Crippen molar-refractivity contribution in [1.29, 1.82) is 0 Å². The third-order valence-corrected chi connectivity index (χ3v) is 2.99. The molecule has 1 aliphatic rings. The third-order valence-electron chi connectivity index (χ3n) is 2.99. The highest BCUT2D eigenvalue weighted by atomic mass is 19.1. The van der Waals surface area contributed by atoms with Crippen LogP contribution in [-0.2, 0) is 6.42 Å². The summed E-state index contributed by atoms with van der Waals surface area (Å²) in [5.41, 5.74) is 1.01. The first-order chi connectivity index (χ1) is 7.24. The number of aliphatic hydroxyl groups is 1. The molecule has 0 amide bonds. The molecule has 1 saturated carbocycles. The van der Waals surface area contributed by atoms with E-state index in [1.807, 2.05) is 0 Å². The maximum atomic E-state index is 12.6. The first-order valence-electron chi connectivity index (χ1n) is 5.66. The van der Waals surface area contributed by atoms with Gasteiger partial charge in [-0.1, -0.05) is 25.0 Å². The molecule has 1 atom stereocenters. The smallest absolute Gasteiger partial charge is 0.123 e. The van der Waals surface area contributed by atoms with Crippen LogP contribution in [0.15, 0.2) is 24.3 Å². The fourth-order valence-electron chi connectivity index (χ4n) is 1.83. The lowest BCUT2D eigenvalue weighted by molar-refractivity contribution is 0.160. The Hall–Kier alpha value is -0.890. The minimum Gasteiger partial charge on any atom is -0.393 e. The quantitative estimate of drug-likeness (QED) is 0.788. The van der Waals surface area contributed by atoms with Crippen molar-refractivity contribution in [2.24, 2.45) is 5.92 Å². The molecular weight excluding hydrogens is 191 g/mol. The van der Waals surface area contributed by atoms with Crippen molar-refractivity contribution in [2.45, 2.75) is 38.2 Å². The van der Waals surface area contributed by atoms with Gasteiger partial charge in [-0.3, -0.25) is 0 Å². The van der Waals surface area contributed by atoms with Gasteiger partial charge >= 0.3 is 0 Å². The molecule has 1 N–H and O–H groups in total. The van der Waals surface area contributed by atoms with Crippen molar-refractivity contribution in [2.75, 3.05) is 0 Å². The fourth-order valence-corrected chi connectivity index (χ4v) is 1.83. The summed E-state index contributed by atoms with van der Waals surface area (Å²) in [5.74, 6) is 0.652. The highest BCUT2D eigenvalue weighted by Gasteiger charge is 2.21. The van der Waals surface area contributed by atoms with E-state index in [9.17, 15) is 9.50 Å². The standard InChI is InChI=1S/C13H17FO/c14-12-6-3-11(4-7-12)9-13(15)8-5-10-1-2-10/h3-4,6-7,10,13,15H,1-2,5,8-9H2. The molecule has 2 heteroatoms. The highest BCUT2D eigenvalue weighted by molar-refractivity contribution is 5.16. The van der Waals surface area contributed by atoms with E-state index in [-0.39, 0.29) is 11.9 Å². The van der Waals surface area contributed by atoms with E-state index in [1.165, 1.54) is 25.0 Å². The maximum absolute atomic E-state index is 12.6. The second-order valence-corrected chi connectivity index (χ2v) is 4.51. The zero-order valence-electron chi connectivity index (χ0n) is 8.82. The van der Waals surface area contributed by atoms with Crippen molar-refractivity contribution < 1.29 is 9.50 Å². The second-order valence-electron chi connectivity index (χ2n) is 4.51. The Morgan fingerprint density at radius 1 is 1.27 bits per heavy atom. The van der Waals surface area contributed by atoms with Crippen molar-refractivity contribution in [1.82, 2.24) is 0 Å². The van der Waals surface area contributed by atoms with E-state index in [0.29, 0.717) is 6.42 Å². The monoisotopic (exact) mass is 208 g/mol. The average molecular weight is 208 g/mol. The Labute approximate surface area is 89.9 Å². The Bertz CT molecular complexity index is 303. The number of halogens is 1. The summed E-state index contributed by atoms with van der Waals surface area (Å²) in [6.45, 7) is 0. The van der Waals surface area contributed by atoms with Gasteiger partial charge < -0.3 is 5.11 Å². The molecule has 0 aromatic heterocycles. The lowest BCUT2D eigenvalue weighted by Crippen LogP contribution is -2.10. The van der Waals surface area contributed by atoms with E-state index in [1.54, 1.807) is 12.1 Å². The van der Waals surface area contributed by atoms with E-state index in [0.717, 1.165) is 24.3 Å². The minimum absolute atomic E-state index is 0.216. The maximum Gasteiger partial charge on any atom is 0.123 e. The third kappa shape index (κ3) is 3.63. The Kier molecular flexibility index (Phi) is 3.37. The normalized spacial score (nSPS) is 17.7. The number of benzene rings is 1. The van der Waals surface area contributed by atoms with E-state index in [2.05, 4.69) is 0 Å². The lowest BCUT2D eigenvalue weighted by atomic mass is 10.0. The summed E-state index contributed by atoms with van der Waals surface area (Å²) < 4.78 is 12.6. The summed E-state index contributed by atoms with van der Waals surface area (Å²) in [6, 6.07) is 6.39. The van der Waals surface area contributed by atoms with Gasteiger partial charge in [-0.05, 0) is 42.9 Å². The van der Waals surface area contributed by atoms with Crippen LogP contribution in [0.5, 0.6) is 0 Å². The van der Waals surface area contributed by atoms with Gasteiger partial charge in [0.1, 0.15) is 5.82 Å². The number of rotatable bonds is 5. The van der Waals surface area contributed by atoms with Crippen molar-refractivity contribution in [3.8, 4) is 0 Å². The molecule has 0 bridgehead atoms. The summed E-state index contributed by atoms with van der Waals surface area (Å²) >= 11 is 0. The molecule has 82 valence electrons. The largest absolute Gasteiger partial charge is 0.393 e. The first-order valence-corrected chi connectivity index (χ1v) is 5.66. The second kappa shape index (κ2) is 4.75. The van der Waals surface area contributed by atoms with Crippen molar-refractivity contribution in [3.63, 3.8) is 0 Å². The van der Waals surface area contributed by atoms with Gasteiger partial charge in [0, 0.05) is 0 Å². The van der Waals surface area contributed by atoms with Gasteiger partial charge in [0.25, 0.3) is 0 Å². The average Bonchev–Trinajstić information content (AvgIpc) is 3.02. The van der Waals surface area contributed by atoms with Crippen LogP contribution in [0.4, 0.5) is 4.39 Å². The van der Waals surface area contributed by atoms with Gasteiger partial charge in [-0.15, -0.1) is 0 Å². The lowest BCUT2D eigenvalue weighted by Gasteiger charge is -2.09. The van der Waals surface area contributed by atoms with Gasteiger partial charge in [0.2, 0.25) is 0 Å². The SMILES string of the molecule is OC(CCC1CC1)Cc1ccc(F)cc1. The summed E-state index contributed by atoms with van der Waals surface area (Å²) in [7, 11) is 0. The van der Waals surface area contributed by atoms with E-state index >= 15 is 0 Å². The zero-order chi connectivity index (χ0) is 10.7. The molecule has 1 fully saturated rings. The highest BCUT2D eigenvalue weighted by Crippen LogP contribution is 2.34. The van der Waals surface area contributed by atoms with Crippen LogP contribution in [0.1, 0.15) is 31.2 Å².